The summed E-state index contributed by atoms with van der Waals surface area (Å²) < 4.78 is 4.96. The van der Waals surface area contributed by atoms with Gasteiger partial charge in [0.1, 0.15) is 0 Å². The van der Waals surface area contributed by atoms with Crippen LogP contribution < -0.4 is 10.6 Å². The van der Waals surface area contributed by atoms with Gasteiger partial charge in [0, 0.05) is 23.9 Å². The highest BCUT2D eigenvalue weighted by molar-refractivity contribution is 7.99. The van der Waals surface area contributed by atoms with E-state index in [0.29, 0.717) is 23.9 Å². The third-order valence-electron chi connectivity index (χ3n) is 2.89. The van der Waals surface area contributed by atoms with Crippen molar-refractivity contribution in [3.63, 3.8) is 0 Å². The van der Waals surface area contributed by atoms with E-state index < -0.39 is 0 Å². The molecular formula is C16H17ClN2O3S. The maximum atomic E-state index is 11.7. The first-order valence-electron chi connectivity index (χ1n) is 7.06. The van der Waals surface area contributed by atoms with Gasteiger partial charge >= 0.3 is 0 Å². The Kier molecular flexibility index (Phi) is 7.03. The number of carbonyl (C=O) groups is 2. The SMILES string of the molecule is O=C(CSCc1ccc(Cl)cc1)NCCNC(=O)c1ccco1. The van der Waals surface area contributed by atoms with Crippen LogP contribution >= 0.6 is 23.4 Å². The van der Waals surface area contributed by atoms with Crippen LogP contribution in [0.15, 0.2) is 47.1 Å². The van der Waals surface area contributed by atoms with Gasteiger partial charge in [-0.2, -0.15) is 0 Å². The molecule has 2 amide bonds. The highest BCUT2D eigenvalue weighted by Crippen LogP contribution is 2.15. The Labute approximate surface area is 143 Å². The molecule has 0 radical (unpaired) electrons. The molecule has 1 aromatic carbocycles. The molecule has 1 heterocycles. The molecule has 0 aliphatic rings. The summed E-state index contributed by atoms with van der Waals surface area (Å²) in [6.07, 6.45) is 1.44. The standard InChI is InChI=1S/C16H17ClN2O3S/c17-13-5-3-12(4-6-13)10-23-11-15(20)18-7-8-19-16(21)14-2-1-9-22-14/h1-6,9H,7-8,10-11H2,(H,18,20)(H,19,21). The van der Waals surface area contributed by atoms with Crippen molar-refractivity contribution in [2.24, 2.45) is 0 Å². The van der Waals surface area contributed by atoms with Gasteiger partial charge in [0.25, 0.3) is 5.91 Å². The maximum Gasteiger partial charge on any atom is 0.287 e. The lowest BCUT2D eigenvalue weighted by atomic mass is 10.2. The molecule has 0 unspecified atom stereocenters. The molecule has 7 heteroatoms. The van der Waals surface area contributed by atoms with Crippen LogP contribution in [-0.4, -0.2) is 30.7 Å². The molecule has 0 saturated carbocycles. The minimum atomic E-state index is -0.290. The molecule has 122 valence electrons. The summed E-state index contributed by atoms with van der Waals surface area (Å²) in [5, 5.41) is 6.12. The van der Waals surface area contributed by atoms with Crippen molar-refractivity contribution in [1.82, 2.24) is 10.6 Å². The highest BCUT2D eigenvalue weighted by atomic mass is 35.5. The molecule has 2 rings (SSSR count). The van der Waals surface area contributed by atoms with Gasteiger partial charge in [0.05, 0.1) is 12.0 Å². The topological polar surface area (TPSA) is 71.3 Å². The van der Waals surface area contributed by atoms with Crippen molar-refractivity contribution in [1.29, 1.82) is 0 Å². The molecule has 23 heavy (non-hydrogen) atoms. The minimum Gasteiger partial charge on any atom is -0.459 e. The molecule has 0 aliphatic carbocycles. The van der Waals surface area contributed by atoms with Gasteiger partial charge in [0.15, 0.2) is 5.76 Å². The average Bonchev–Trinajstić information content (AvgIpc) is 3.08. The van der Waals surface area contributed by atoms with E-state index in [1.54, 1.807) is 12.1 Å². The summed E-state index contributed by atoms with van der Waals surface area (Å²) in [4.78, 5) is 23.2. The van der Waals surface area contributed by atoms with Crippen molar-refractivity contribution in [3.8, 4) is 0 Å². The predicted octanol–water partition coefficient (Wildman–Crippen LogP) is 2.71. The molecule has 0 atom stereocenters. The Hall–Kier alpha value is -1.92. The number of amides is 2. The van der Waals surface area contributed by atoms with E-state index in [1.165, 1.54) is 18.0 Å². The maximum absolute atomic E-state index is 11.7. The Morgan fingerprint density at radius 1 is 1.09 bits per heavy atom. The zero-order valence-corrected chi connectivity index (χ0v) is 14.0. The number of rotatable bonds is 8. The fourth-order valence-electron chi connectivity index (χ4n) is 1.77. The summed E-state index contributed by atoms with van der Waals surface area (Å²) in [5.74, 6) is 1.03. The fraction of sp³-hybridized carbons (Fsp3) is 0.250. The van der Waals surface area contributed by atoms with Crippen LogP contribution in [0.5, 0.6) is 0 Å². The van der Waals surface area contributed by atoms with Gasteiger partial charge in [-0.05, 0) is 29.8 Å². The number of furan rings is 1. The summed E-state index contributed by atoms with van der Waals surface area (Å²) >= 11 is 7.34. The van der Waals surface area contributed by atoms with Crippen LogP contribution in [0.3, 0.4) is 0 Å². The lowest BCUT2D eigenvalue weighted by molar-refractivity contribution is -0.118. The fourth-order valence-corrected chi connectivity index (χ4v) is 2.71. The second-order valence-corrected chi connectivity index (χ2v) is 6.12. The monoisotopic (exact) mass is 352 g/mol. The quantitative estimate of drug-likeness (QED) is 0.716. The van der Waals surface area contributed by atoms with E-state index in [2.05, 4.69) is 10.6 Å². The molecule has 1 aromatic heterocycles. The van der Waals surface area contributed by atoms with Crippen LogP contribution in [0.4, 0.5) is 0 Å². The van der Waals surface area contributed by atoms with Crippen molar-refractivity contribution in [2.75, 3.05) is 18.8 Å². The first-order chi connectivity index (χ1) is 11.1. The van der Waals surface area contributed by atoms with E-state index in [9.17, 15) is 9.59 Å². The lowest BCUT2D eigenvalue weighted by Crippen LogP contribution is -2.35. The Morgan fingerprint density at radius 3 is 2.52 bits per heavy atom. The van der Waals surface area contributed by atoms with Crippen LogP contribution in [0.25, 0.3) is 0 Å². The van der Waals surface area contributed by atoms with Crippen LogP contribution in [0.1, 0.15) is 16.1 Å². The number of nitrogens with one attached hydrogen (secondary N) is 2. The Balaban J connectivity index is 1.55. The third kappa shape index (κ3) is 6.38. The predicted molar refractivity (Wildman–Crippen MR) is 91.7 cm³/mol. The molecule has 0 saturated heterocycles. The van der Waals surface area contributed by atoms with Gasteiger partial charge in [-0.15, -0.1) is 11.8 Å². The first-order valence-corrected chi connectivity index (χ1v) is 8.59. The molecule has 5 nitrogen and oxygen atoms in total. The third-order valence-corrected chi connectivity index (χ3v) is 4.15. The Morgan fingerprint density at radius 2 is 1.83 bits per heavy atom. The van der Waals surface area contributed by atoms with Gasteiger partial charge in [0.2, 0.25) is 5.91 Å². The van der Waals surface area contributed by atoms with Gasteiger partial charge in [-0.3, -0.25) is 9.59 Å². The summed E-state index contributed by atoms with van der Waals surface area (Å²) in [6, 6.07) is 10.8. The molecule has 0 aliphatic heterocycles. The smallest absolute Gasteiger partial charge is 0.287 e. The normalized spacial score (nSPS) is 10.3. The number of hydrogen-bond acceptors (Lipinski definition) is 4. The van der Waals surface area contributed by atoms with Gasteiger partial charge in [-0.1, -0.05) is 23.7 Å². The van der Waals surface area contributed by atoms with E-state index in [-0.39, 0.29) is 17.6 Å². The van der Waals surface area contributed by atoms with E-state index in [0.717, 1.165) is 11.3 Å². The van der Waals surface area contributed by atoms with Gasteiger partial charge in [-0.25, -0.2) is 0 Å². The summed E-state index contributed by atoms with van der Waals surface area (Å²) in [5.41, 5.74) is 1.12. The number of benzene rings is 1. The molecule has 0 bridgehead atoms. The summed E-state index contributed by atoms with van der Waals surface area (Å²) in [6.45, 7) is 0.736. The van der Waals surface area contributed by atoms with Crippen LogP contribution in [0, 0.1) is 0 Å². The average molecular weight is 353 g/mol. The summed E-state index contributed by atoms with van der Waals surface area (Å²) in [7, 11) is 0. The van der Waals surface area contributed by atoms with Crippen molar-refractivity contribution < 1.29 is 14.0 Å². The lowest BCUT2D eigenvalue weighted by Gasteiger charge is -2.06. The molecule has 0 spiro atoms. The molecule has 0 fully saturated rings. The van der Waals surface area contributed by atoms with E-state index in [4.69, 9.17) is 16.0 Å². The Bertz CT molecular complexity index is 629. The largest absolute Gasteiger partial charge is 0.459 e. The van der Waals surface area contributed by atoms with Gasteiger partial charge < -0.3 is 15.1 Å². The van der Waals surface area contributed by atoms with E-state index in [1.807, 2.05) is 24.3 Å². The van der Waals surface area contributed by atoms with Crippen molar-refractivity contribution in [3.05, 3.63) is 59.0 Å². The van der Waals surface area contributed by atoms with Crippen molar-refractivity contribution >= 4 is 35.2 Å². The zero-order chi connectivity index (χ0) is 16.5. The number of halogens is 1. The molecular weight excluding hydrogens is 336 g/mol. The van der Waals surface area contributed by atoms with E-state index >= 15 is 0 Å². The first kappa shape index (κ1) is 17.4. The second-order valence-electron chi connectivity index (χ2n) is 4.70. The number of carbonyl (C=O) groups excluding carboxylic acids is 2. The molecule has 2 aromatic rings. The minimum absolute atomic E-state index is 0.0591. The van der Waals surface area contributed by atoms with Crippen LogP contribution in [0.2, 0.25) is 5.02 Å². The molecule has 2 N–H and O–H groups in total. The number of hydrogen-bond donors (Lipinski definition) is 2. The highest BCUT2D eigenvalue weighted by Gasteiger charge is 2.07. The number of thioether (sulfide) groups is 1. The zero-order valence-electron chi connectivity index (χ0n) is 12.4. The van der Waals surface area contributed by atoms with Crippen molar-refractivity contribution in [2.45, 2.75) is 5.75 Å². The van der Waals surface area contributed by atoms with Crippen LogP contribution in [-0.2, 0) is 10.5 Å². The second kappa shape index (κ2) is 9.27.